The molecule has 2 aliphatic rings. The smallest absolute Gasteiger partial charge is 0.254 e. The Hall–Kier alpha value is -3.59. The van der Waals surface area contributed by atoms with Crippen LogP contribution in [0.4, 0.5) is 5.69 Å². The maximum absolute atomic E-state index is 12.9. The van der Waals surface area contributed by atoms with Crippen LogP contribution < -0.4 is 25.0 Å². The van der Waals surface area contributed by atoms with Crippen molar-refractivity contribution < 1.29 is 14.3 Å². The van der Waals surface area contributed by atoms with Gasteiger partial charge in [0, 0.05) is 61.1 Å². The average molecular weight is 447 g/mol. The van der Waals surface area contributed by atoms with Gasteiger partial charge in [-0.2, -0.15) is 0 Å². The number of hydrogen-bond acceptors (Lipinski definition) is 7. The standard InChI is InChI=1S/C24H26N6O3/c1-12-5-18(29-9-13(2)26-14(3)10-29)15-6-16(24(31)25-4)23-28-17-7-20-21(33-11-32-20)8-19(17)30(23)22(15)27-12/h5-8,13-14,26H,9-11H2,1-4H3,(H,25,31)/t13-,14+. The summed E-state index contributed by atoms with van der Waals surface area (Å²) in [6.07, 6.45) is 0. The molecule has 1 aromatic carbocycles. The molecule has 6 rings (SSSR count). The lowest BCUT2D eigenvalue weighted by Crippen LogP contribution is -2.54. The molecule has 2 aliphatic heterocycles. The SMILES string of the molecule is CNC(=O)c1cc2c(N3C[C@@H](C)N[C@@H](C)C3)cc(C)nc2n2c1nc1cc3c(cc12)OCO3. The molecule has 1 fully saturated rings. The summed E-state index contributed by atoms with van der Waals surface area (Å²) in [5, 5.41) is 7.28. The first-order valence-corrected chi connectivity index (χ1v) is 11.2. The fourth-order valence-electron chi connectivity index (χ4n) is 5.12. The van der Waals surface area contributed by atoms with Gasteiger partial charge in [0.25, 0.3) is 5.91 Å². The number of anilines is 1. The summed E-state index contributed by atoms with van der Waals surface area (Å²) < 4.78 is 13.1. The molecule has 2 N–H and O–H groups in total. The highest BCUT2D eigenvalue weighted by molar-refractivity contribution is 6.07. The van der Waals surface area contributed by atoms with E-state index in [9.17, 15) is 4.79 Å². The minimum atomic E-state index is -0.189. The van der Waals surface area contributed by atoms with Gasteiger partial charge in [0.2, 0.25) is 6.79 Å². The Morgan fingerprint density at radius 1 is 1.06 bits per heavy atom. The van der Waals surface area contributed by atoms with E-state index in [1.807, 2.05) is 29.5 Å². The maximum Gasteiger partial charge on any atom is 0.254 e. The van der Waals surface area contributed by atoms with Crippen LogP contribution in [0.3, 0.4) is 0 Å². The van der Waals surface area contributed by atoms with Crippen molar-refractivity contribution >= 4 is 39.3 Å². The third-order valence-corrected chi connectivity index (χ3v) is 6.40. The first-order valence-electron chi connectivity index (χ1n) is 11.2. The first kappa shape index (κ1) is 20.0. The third-order valence-electron chi connectivity index (χ3n) is 6.40. The van der Waals surface area contributed by atoms with Crippen molar-refractivity contribution in [2.45, 2.75) is 32.9 Å². The molecular weight excluding hydrogens is 420 g/mol. The highest BCUT2D eigenvalue weighted by Crippen LogP contribution is 2.38. The normalized spacial score (nSPS) is 20.2. The quantitative estimate of drug-likeness (QED) is 0.489. The number of hydrogen-bond donors (Lipinski definition) is 2. The molecule has 5 heterocycles. The Balaban J connectivity index is 1.71. The summed E-state index contributed by atoms with van der Waals surface area (Å²) in [6, 6.07) is 8.53. The lowest BCUT2D eigenvalue weighted by Gasteiger charge is -2.38. The molecule has 1 amide bonds. The topological polar surface area (TPSA) is 93.0 Å². The van der Waals surface area contributed by atoms with Crippen molar-refractivity contribution in [1.82, 2.24) is 25.0 Å². The Morgan fingerprint density at radius 3 is 2.52 bits per heavy atom. The molecule has 0 radical (unpaired) electrons. The van der Waals surface area contributed by atoms with Gasteiger partial charge in [-0.25, -0.2) is 9.97 Å². The zero-order valence-corrected chi connectivity index (χ0v) is 19.1. The van der Waals surface area contributed by atoms with Crippen LogP contribution in [0.25, 0.3) is 27.7 Å². The number of benzene rings is 1. The molecule has 9 nitrogen and oxygen atoms in total. The Labute approximate surface area is 190 Å². The fraction of sp³-hybridized carbons (Fsp3) is 0.375. The number of carbonyl (C=O) groups excluding carboxylic acids is 1. The summed E-state index contributed by atoms with van der Waals surface area (Å²) in [6.45, 7) is 8.33. The highest BCUT2D eigenvalue weighted by atomic mass is 16.7. The predicted octanol–water partition coefficient (Wildman–Crippen LogP) is 2.62. The highest BCUT2D eigenvalue weighted by Gasteiger charge is 2.26. The van der Waals surface area contributed by atoms with Crippen molar-refractivity contribution in [3.63, 3.8) is 0 Å². The Morgan fingerprint density at radius 2 is 1.79 bits per heavy atom. The van der Waals surface area contributed by atoms with Gasteiger partial charge in [-0.15, -0.1) is 0 Å². The second-order valence-corrected chi connectivity index (χ2v) is 9.00. The number of fused-ring (bicyclic) bond motifs is 6. The molecule has 9 heteroatoms. The van der Waals surface area contributed by atoms with E-state index in [0.717, 1.165) is 46.5 Å². The van der Waals surface area contributed by atoms with Crippen LogP contribution in [0.2, 0.25) is 0 Å². The first-order chi connectivity index (χ1) is 15.9. The number of imidazole rings is 1. The molecule has 0 bridgehead atoms. The largest absolute Gasteiger partial charge is 0.454 e. The van der Waals surface area contributed by atoms with Gasteiger partial charge in [0.1, 0.15) is 5.65 Å². The molecule has 3 aromatic heterocycles. The number of pyridine rings is 2. The van der Waals surface area contributed by atoms with E-state index in [2.05, 4.69) is 35.4 Å². The molecule has 0 unspecified atom stereocenters. The zero-order valence-electron chi connectivity index (χ0n) is 19.1. The lowest BCUT2D eigenvalue weighted by atomic mass is 10.1. The van der Waals surface area contributed by atoms with Gasteiger partial charge >= 0.3 is 0 Å². The number of aryl methyl sites for hydroxylation is 1. The molecule has 2 atom stereocenters. The van der Waals surface area contributed by atoms with Crippen LogP contribution in [0.15, 0.2) is 24.3 Å². The maximum atomic E-state index is 12.9. The minimum absolute atomic E-state index is 0.189. The van der Waals surface area contributed by atoms with Crippen LogP contribution in [0, 0.1) is 6.92 Å². The van der Waals surface area contributed by atoms with Gasteiger partial charge in [-0.05, 0) is 32.9 Å². The molecule has 4 aromatic rings. The Kier molecular flexibility index (Phi) is 4.38. The number of aromatic nitrogens is 3. The van der Waals surface area contributed by atoms with E-state index in [1.165, 1.54) is 0 Å². The summed E-state index contributed by atoms with van der Waals surface area (Å²) in [4.78, 5) is 25.1. The molecule has 0 saturated carbocycles. The van der Waals surface area contributed by atoms with Gasteiger partial charge in [-0.1, -0.05) is 0 Å². The number of ether oxygens (including phenoxy) is 2. The van der Waals surface area contributed by atoms with Crippen molar-refractivity contribution in [1.29, 1.82) is 0 Å². The fourth-order valence-corrected chi connectivity index (χ4v) is 5.12. The van der Waals surface area contributed by atoms with E-state index < -0.39 is 0 Å². The van der Waals surface area contributed by atoms with Gasteiger partial charge in [0.05, 0.1) is 16.6 Å². The van der Waals surface area contributed by atoms with Gasteiger partial charge < -0.3 is 25.0 Å². The van der Waals surface area contributed by atoms with Crippen molar-refractivity contribution in [3.8, 4) is 11.5 Å². The number of nitrogens with one attached hydrogen (secondary N) is 2. The van der Waals surface area contributed by atoms with Crippen LogP contribution in [-0.2, 0) is 0 Å². The average Bonchev–Trinajstić information content (AvgIpc) is 3.39. The van der Waals surface area contributed by atoms with E-state index in [-0.39, 0.29) is 12.7 Å². The molecular formula is C24H26N6O3. The van der Waals surface area contributed by atoms with Crippen LogP contribution in [0.5, 0.6) is 11.5 Å². The van der Waals surface area contributed by atoms with Crippen LogP contribution in [0.1, 0.15) is 29.9 Å². The van der Waals surface area contributed by atoms with E-state index in [0.29, 0.717) is 34.8 Å². The monoisotopic (exact) mass is 446 g/mol. The number of amides is 1. The summed E-state index contributed by atoms with van der Waals surface area (Å²) in [5.41, 5.74) is 5.38. The molecule has 170 valence electrons. The summed E-state index contributed by atoms with van der Waals surface area (Å²) >= 11 is 0. The zero-order chi connectivity index (χ0) is 22.9. The predicted molar refractivity (Wildman–Crippen MR) is 127 cm³/mol. The van der Waals surface area contributed by atoms with Crippen LogP contribution >= 0.6 is 0 Å². The van der Waals surface area contributed by atoms with Gasteiger partial charge in [0.15, 0.2) is 17.1 Å². The minimum Gasteiger partial charge on any atom is -0.454 e. The number of nitrogens with zero attached hydrogens (tertiary/aromatic N) is 4. The van der Waals surface area contributed by atoms with Crippen LogP contribution in [-0.4, -0.2) is 59.3 Å². The second kappa shape index (κ2) is 7.21. The van der Waals surface area contributed by atoms with Crippen molar-refractivity contribution in [2.75, 3.05) is 31.8 Å². The lowest BCUT2D eigenvalue weighted by molar-refractivity contribution is 0.0964. The summed E-state index contributed by atoms with van der Waals surface area (Å²) in [7, 11) is 1.63. The van der Waals surface area contributed by atoms with E-state index in [4.69, 9.17) is 19.4 Å². The third kappa shape index (κ3) is 3.06. The second-order valence-electron chi connectivity index (χ2n) is 9.00. The number of piperazine rings is 1. The molecule has 0 spiro atoms. The summed E-state index contributed by atoms with van der Waals surface area (Å²) in [5.74, 6) is 1.14. The molecule has 33 heavy (non-hydrogen) atoms. The molecule has 1 saturated heterocycles. The number of carbonyl (C=O) groups is 1. The van der Waals surface area contributed by atoms with Crippen molar-refractivity contribution in [3.05, 3.63) is 35.5 Å². The number of rotatable bonds is 2. The van der Waals surface area contributed by atoms with Crippen molar-refractivity contribution in [2.24, 2.45) is 0 Å². The van der Waals surface area contributed by atoms with E-state index in [1.54, 1.807) is 7.05 Å². The van der Waals surface area contributed by atoms with E-state index >= 15 is 0 Å². The molecule has 0 aliphatic carbocycles. The Bertz CT molecular complexity index is 1440. The van der Waals surface area contributed by atoms with Gasteiger partial charge in [-0.3, -0.25) is 9.20 Å².